The lowest BCUT2D eigenvalue weighted by Crippen LogP contribution is -2.54. The minimum Gasteiger partial charge on any atom is -0.326 e. The topological polar surface area (TPSA) is 29.3 Å². The number of nitrogens with zero attached hydrogens (tertiary/aromatic N) is 1. The molecule has 0 aromatic carbocycles. The van der Waals surface area contributed by atoms with Gasteiger partial charge in [0, 0.05) is 12.6 Å². The van der Waals surface area contributed by atoms with Crippen LogP contribution in [0, 0.1) is 5.41 Å². The maximum atomic E-state index is 13.0. The second kappa shape index (κ2) is 5.14. The molecule has 1 saturated heterocycles. The van der Waals surface area contributed by atoms with Gasteiger partial charge >= 0.3 is 6.18 Å². The number of likely N-dealkylation sites (tertiary alicyclic amines) is 1. The smallest absolute Gasteiger partial charge is 0.326 e. The zero-order valence-electron chi connectivity index (χ0n) is 10.8. The molecule has 17 heavy (non-hydrogen) atoms. The minimum absolute atomic E-state index is 0.0540. The molecule has 0 aliphatic carbocycles. The highest BCUT2D eigenvalue weighted by Crippen LogP contribution is 2.40. The van der Waals surface area contributed by atoms with Crippen LogP contribution in [0.25, 0.3) is 0 Å². The number of halogens is 3. The Balaban J connectivity index is 2.80. The lowest BCUT2D eigenvalue weighted by atomic mass is 9.82. The summed E-state index contributed by atoms with van der Waals surface area (Å²) >= 11 is 0. The van der Waals surface area contributed by atoms with E-state index >= 15 is 0 Å². The van der Waals surface area contributed by atoms with Crippen molar-refractivity contribution in [3.63, 3.8) is 0 Å². The highest BCUT2D eigenvalue weighted by molar-refractivity contribution is 4.95. The van der Waals surface area contributed by atoms with E-state index in [1.807, 2.05) is 0 Å². The maximum absolute atomic E-state index is 13.0. The molecule has 5 heteroatoms. The van der Waals surface area contributed by atoms with E-state index in [1.165, 1.54) is 11.8 Å². The van der Waals surface area contributed by atoms with Crippen molar-refractivity contribution in [1.82, 2.24) is 4.90 Å². The van der Waals surface area contributed by atoms with Gasteiger partial charge < -0.3 is 5.73 Å². The molecule has 1 heterocycles. The van der Waals surface area contributed by atoms with Crippen molar-refractivity contribution in [2.75, 3.05) is 13.1 Å². The molecule has 2 N–H and O–H groups in total. The van der Waals surface area contributed by atoms with Crippen LogP contribution in [-0.2, 0) is 0 Å². The maximum Gasteiger partial charge on any atom is 0.405 e. The summed E-state index contributed by atoms with van der Waals surface area (Å²) < 4.78 is 38.9. The molecule has 1 aliphatic heterocycles. The molecule has 2 unspecified atom stereocenters. The fourth-order valence-corrected chi connectivity index (χ4v) is 2.87. The third-order valence-corrected chi connectivity index (χ3v) is 4.19. The summed E-state index contributed by atoms with van der Waals surface area (Å²) in [7, 11) is 0. The molecule has 0 radical (unpaired) electrons. The lowest BCUT2D eigenvalue weighted by molar-refractivity contribution is -0.186. The molecule has 0 bridgehead atoms. The summed E-state index contributed by atoms with van der Waals surface area (Å²) in [4.78, 5) is 1.53. The quantitative estimate of drug-likeness (QED) is 0.833. The van der Waals surface area contributed by atoms with Gasteiger partial charge in [-0.2, -0.15) is 13.2 Å². The van der Waals surface area contributed by atoms with Crippen molar-refractivity contribution in [2.24, 2.45) is 11.1 Å². The number of hydrogen-bond acceptors (Lipinski definition) is 2. The van der Waals surface area contributed by atoms with Gasteiger partial charge in [0.15, 0.2) is 0 Å². The molecular formula is C12H23F3N2. The Kier molecular flexibility index (Phi) is 4.47. The Labute approximate surface area is 101 Å². The van der Waals surface area contributed by atoms with Crippen molar-refractivity contribution in [2.45, 2.75) is 58.3 Å². The second-order valence-corrected chi connectivity index (χ2v) is 5.27. The van der Waals surface area contributed by atoms with Crippen molar-refractivity contribution in [3.05, 3.63) is 0 Å². The predicted molar refractivity (Wildman–Crippen MR) is 62.7 cm³/mol. The molecule has 0 aromatic heterocycles. The second-order valence-electron chi connectivity index (χ2n) is 5.27. The fourth-order valence-electron chi connectivity index (χ4n) is 2.87. The molecule has 0 saturated carbocycles. The van der Waals surface area contributed by atoms with Gasteiger partial charge in [0.25, 0.3) is 0 Å². The Morgan fingerprint density at radius 3 is 2.12 bits per heavy atom. The first-order chi connectivity index (χ1) is 7.75. The van der Waals surface area contributed by atoms with Gasteiger partial charge in [-0.25, -0.2) is 0 Å². The van der Waals surface area contributed by atoms with E-state index in [9.17, 15) is 13.2 Å². The summed E-state index contributed by atoms with van der Waals surface area (Å²) in [6, 6.07) is -2.37. The summed E-state index contributed by atoms with van der Waals surface area (Å²) in [6.07, 6.45) is -1.52. The fraction of sp³-hybridized carbons (Fsp3) is 1.00. The monoisotopic (exact) mass is 252 g/mol. The van der Waals surface area contributed by atoms with E-state index in [0.717, 1.165) is 19.3 Å². The van der Waals surface area contributed by atoms with E-state index in [-0.39, 0.29) is 5.41 Å². The van der Waals surface area contributed by atoms with Crippen LogP contribution < -0.4 is 5.73 Å². The van der Waals surface area contributed by atoms with Crippen molar-refractivity contribution in [3.8, 4) is 0 Å². The molecule has 102 valence electrons. The number of nitrogens with two attached hydrogens (primary N) is 1. The summed E-state index contributed by atoms with van der Waals surface area (Å²) in [5.41, 5.74) is 5.57. The zero-order chi connectivity index (χ0) is 13.3. The van der Waals surface area contributed by atoms with Crippen LogP contribution in [-0.4, -0.2) is 36.2 Å². The van der Waals surface area contributed by atoms with Gasteiger partial charge in [0.1, 0.15) is 6.04 Å². The van der Waals surface area contributed by atoms with Gasteiger partial charge in [0.05, 0.1) is 0 Å². The number of rotatable bonds is 4. The Hall–Kier alpha value is -0.290. The SMILES string of the molecule is CCC1(CC)CCN(C(C(C)N)C(F)(F)F)C1. The van der Waals surface area contributed by atoms with Crippen LogP contribution >= 0.6 is 0 Å². The number of hydrogen-bond donors (Lipinski definition) is 1. The van der Waals surface area contributed by atoms with Gasteiger partial charge in [-0.05, 0) is 38.1 Å². The highest BCUT2D eigenvalue weighted by atomic mass is 19.4. The molecule has 0 aromatic rings. The minimum atomic E-state index is -4.23. The van der Waals surface area contributed by atoms with Crippen molar-refractivity contribution >= 4 is 0 Å². The van der Waals surface area contributed by atoms with E-state index in [0.29, 0.717) is 13.1 Å². The summed E-state index contributed by atoms with van der Waals surface area (Å²) in [6.45, 7) is 6.58. The van der Waals surface area contributed by atoms with E-state index in [1.54, 1.807) is 0 Å². The Bertz CT molecular complexity index is 247. The normalized spacial score (nSPS) is 24.9. The third kappa shape index (κ3) is 3.13. The van der Waals surface area contributed by atoms with Crippen LogP contribution in [0.5, 0.6) is 0 Å². The first-order valence-electron chi connectivity index (χ1n) is 6.32. The molecule has 1 rings (SSSR count). The Morgan fingerprint density at radius 1 is 1.29 bits per heavy atom. The predicted octanol–water partition coefficient (Wildman–Crippen LogP) is 2.78. The molecule has 0 amide bonds. The summed E-state index contributed by atoms with van der Waals surface area (Å²) in [5.74, 6) is 0. The first-order valence-corrected chi connectivity index (χ1v) is 6.32. The highest BCUT2D eigenvalue weighted by Gasteiger charge is 2.49. The van der Waals surface area contributed by atoms with Crippen molar-refractivity contribution in [1.29, 1.82) is 0 Å². The van der Waals surface area contributed by atoms with E-state index in [4.69, 9.17) is 5.73 Å². The lowest BCUT2D eigenvalue weighted by Gasteiger charge is -2.34. The van der Waals surface area contributed by atoms with Crippen LogP contribution in [0.2, 0.25) is 0 Å². The average Bonchev–Trinajstić information content (AvgIpc) is 2.60. The van der Waals surface area contributed by atoms with Crippen LogP contribution in [0.4, 0.5) is 13.2 Å². The van der Waals surface area contributed by atoms with E-state index < -0.39 is 18.3 Å². The molecule has 2 nitrogen and oxygen atoms in total. The Morgan fingerprint density at radius 2 is 1.82 bits per heavy atom. The largest absolute Gasteiger partial charge is 0.405 e. The molecule has 2 atom stereocenters. The standard InChI is InChI=1S/C12H23F3N2/c1-4-11(5-2)6-7-17(8-11)10(9(3)16)12(13,14)15/h9-10H,4-8,16H2,1-3H3. The van der Waals surface area contributed by atoms with Gasteiger partial charge in [0.2, 0.25) is 0 Å². The van der Waals surface area contributed by atoms with Crippen LogP contribution in [0.1, 0.15) is 40.0 Å². The summed E-state index contributed by atoms with van der Waals surface area (Å²) in [5, 5.41) is 0. The number of alkyl halides is 3. The molecule has 1 aliphatic rings. The van der Waals surface area contributed by atoms with E-state index in [2.05, 4.69) is 13.8 Å². The molecular weight excluding hydrogens is 229 g/mol. The van der Waals surface area contributed by atoms with Crippen molar-refractivity contribution < 1.29 is 13.2 Å². The zero-order valence-corrected chi connectivity index (χ0v) is 10.8. The van der Waals surface area contributed by atoms with Gasteiger partial charge in [-0.1, -0.05) is 13.8 Å². The first kappa shape index (κ1) is 14.8. The molecule has 0 spiro atoms. The van der Waals surface area contributed by atoms with Gasteiger partial charge in [-0.3, -0.25) is 4.90 Å². The average molecular weight is 252 g/mol. The molecule has 1 fully saturated rings. The van der Waals surface area contributed by atoms with Crippen LogP contribution in [0.3, 0.4) is 0 Å². The van der Waals surface area contributed by atoms with Crippen LogP contribution in [0.15, 0.2) is 0 Å². The third-order valence-electron chi connectivity index (χ3n) is 4.19. The van der Waals surface area contributed by atoms with Gasteiger partial charge in [-0.15, -0.1) is 0 Å².